The van der Waals surface area contributed by atoms with Gasteiger partial charge >= 0.3 is 0 Å². The van der Waals surface area contributed by atoms with E-state index in [0.29, 0.717) is 12.1 Å². The van der Waals surface area contributed by atoms with Crippen molar-refractivity contribution in [3.63, 3.8) is 0 Å². The normalized spacial score (nSPS) is 22.0. The molecule has 10 nitrogen and oxygen atoms in total. The molecule has 0 spiro atoms. The maximum Gasteiger partial charge on any atom is 0.249 e. The molecule has 156 valence electrons. The summed E-state index contributed by atoms with van der Waals surface area (Å²) in [4.78, 5) is 49.6. The van der Waals surface area contributed by atoms with Crippen LogP contribution in [0.15, 0.2) is 30.5 Å². The number of likely N-dealkylation sites (tertiary alicyclic amines) is 1. The third kappa shape index (κ3) is 3.86. The van der Waals surface area contributed by atoms with Crippen LogP contribution >= 0.6 is 0 Å². The van der Waals surface area contributed by atoms with Crippen molar-refractivity contribution in [3.8, 4) is 5.69 Å². The summed E-state index contributed by atoms with van der Waals surface area (Å²) >= 11 is 0. The first-order valence-electron chi connectivity index (χ1n) is 9.77. The zero-order valence-corrected chi connectivity index (χ0v) is 16.2. The van der Waals surface area contributed by atoms with Gasteiger partial charge in [-0.25, -0.2) is 4.68 Å². The molecule has 10 heteroatoms. The fraction of sp³-hybridized carbons (Fsp3) is 0.400. The Labute approximate surface area is 171 Å². The summed E-state index contributed by atoms with van der Waals surface area (Å²) in [5.74, 6) is -2.44. The van der Waals surface area contributed by atoms with Crippen molar-refractivity contribution >= 4 is 23.6 Å². The molecule has 1 aromatic heterocycles. The maximum absolute atomic E-state index is 12.8. The van der Waals surface area contributed by atoms with Gasteiger partial charge in [-0.3, -0.25) is 29.4 Å². The van der Waals surface area contributed by atoms with E-state index < -0.39 is 35.6 Å². The fourth-order valence-corrected chi connectivity index (χ4v) is 3.85. The summed E-state index contributed by atoms with van der Waals surface area (Å²) < 4.78 is 1.58. The summed E-state index contributed by atoms with van der Waals surface area (Å²) in [5, 5.41) is 19.4. The van der Waals surface area contributed by atoms with E-state index in [1.165, 1.54) is 0 Å². The molecule has 2 fully saturated rings. The van der Waals surface area contributed by atoms with Crippen LogP contribution in [0.4, 0.5) is 0 Å². The number of carbonyl (C=O) groups excluding carboxylic acids is 4. The van der Waals surface area contributed by atoms with E-state index in [4.69, 9.17) is 5.11 Å². The van der Waals surface area contributed by atoms with E-state index in [-0.39, 0.29) is 32.3 Å². The summed E-state index contributed by atoms with van der Waals surface area (Å²) in [5.41, 5.74) is 2.35. The van der Waals surface area contributed by atoms with Gasteiger partial charge in [0, 0.05) is 25.9 Å². The maximum atomic E-state index is 12.8. The van der Waals surface area contributed by atoms with Gasteiger partial charge in [-0.2, -0.15) is 0 Å². The highest BCUT2D eigenvalue weighted by molar-refractivity contribution is 6.09. The molecule has 2 atom stereocenters. The molecule has 2 aromatic rings. The number of hydrogen-bond acceptors (Lipinski definition) is 7. The molecule has 2 aliphatic rings. The molecular formula is C20H21N5O5. The van der Waals surface area contributed by atoms with Crippen LogP contribution in [0.25, 0.3) is 5.69 Å². The molecular weight excluding hydrogens is 390 g/mol. The minimum absolute atomic E-state index is 0.000718. The predicted octanol–water partition coefficient (Wildman–Crippen LogP) is -0.475. The molecule has 3 heterocycles. The smallest absolute Gasteiger partial charge is 0.249 e. The van der Waals surface area contributed by atoms with Crippen LogP contribution in [0, 0.1) is 5.92 Å². The van der Waals surface area contributed by atoms with Crippen molar-refractivity contribution in [2.45, 2.75) is 38.1 Å². The summed E-state index contributed by atoms with van der Waals surface area (Å²) in [6.45, 7) is 0.0802. The van der Waals surface area contributed by atoms with Gasteiger partial charge in [0.05, 0.1) is 23.5 Å². The van der Waals surface area contributed by atoms with Crippen LogP contribution in [0.1, 0.15) is 30.5 Å². The Bertz CT molecular complexity index is 999. The van der Waals surface area contributed by atoms with Crippen molar-refractivity contribution in [2.75, 3.05) is 6.61 Å². The van der Waals surface area contributed by atoms with E-state index in [0.717, 1.165) is 16.2 Å². The van der Waals surface area contributed by atoms with Crippen LogP contribution < -0.4 is 5.32 Å². The molecule has 4 amide bonds. The lowest BCUT2D eigenvalue weighted by Gasteiger charge is -2.28. The average molecular weight is 411 g/mol. The molecule has 0 aliphatic carbocycles. The molecule has 2 N–H and O–H groups in total. The van der Waals surface area contributed by atoms with Crippen molar-refractivity contribution in [3.05, 3.63) is 41.7 Å². The Morgan fingerprint density at radius 2 is 1.90 bits per heavy atom. The number of aromatic nitrogens is 3. The molecule has 0 radical (unpaired) electrons. The summed E-state index contributed by atoms with van der Waals surface area (Å²) in [6.07, 6.45) is 2.76. The van der Waals surface area contributed by atoms with E-state index in [1.54, 1.807) is 10.9 Å². The Morgan fingerprint density at radius 1 is 1.13 bits per heavy atom. The number of aliphatic hydroxyl groups excluding tert-OH is 1. The third-order valence-corrected chi connectivity index (χ3v) is 5.40. The number of hydrogen-bond donors (Lipinski definition) is 2. The molecule has 2 saturated heterocycles. The Morgan fingerprint density at radius 3 is 2.60 bits per heavy atom. The first-order chi connectivity index (χ1) is 14.5. The van der Waals surface area contributed by atoms with Crippen molar-refractivity contribution < 1.29 is 24.3 Å². The van der Waals surface area contributed by atoms with Gasteiger partial charge in [0.25, 0.3) is 0 Å². The zero-order valence-electron chi connectivity index (χ0n) is 16.2. The molecule has 2 unspecified atom stereocenters. The van der Waals surface area contributed by atoms with Gasteiger partial charge in [-0.15, -0.1) is 5.10 Å². The highest BCUT2D eigenvalue weighted by atomic mass is 16.3. The van der Waals surface area contributed by atoms with Gasteiger partial charge in [0.2, 0.25) is 23.6 Å². The van der Waals surface area contributed by atoms with Gasteiger partial charge < -0.3 is 5.11 Å². The molecule has 0 saturated carbocycles. The van der Waals surface area contributed by atoms with Gasteiger partial charge in [0.15, 0.2) is 0 Å². The number of piperidine rings is 1. The number of amides is 4. The first-order valence-corrected chi connectivity index (χ1v) is 9.77. The van der Waals surface area contributed by atoms with Crippen LogP contribution in [0.2, 0.25) is 0 Å². The Balaban J connectivity index is 1.44. The van der Waals surface area contributed by atoms with Crippen LogP contribution in [-0.2, 0) is 32.0 Å². The van der Waals surface area contributed by atoms with Crippen molar-refractivity contribution in [1.82, 2.24) is 25.2 Å². The summed E-state index contributed by atoms with van der Waals surface area (Å²) in [6, 6.07) is 6.57. The van der Waals surface area contributed by atoms with E-state index in [9.17, 15) is 19.2 Å². The third-order valence-electron chi connectivity index (χ3n) is 5.40. The van der Waals surface area contributed by atoms with Crippen LogP contribution in [-0.4, -0.2) is 61.3 Å². The second-order valence-corrected chi connectivity index (χ2v) is 7.47. The van der Waals surface area contributed by atoms with Crippen molar-refractivity contribution in [1.29, 1.82) is 0 Å². The van der Waals surface area contributed by atoms with E-state index in [1.807, 2.05) is 24.3 Å². The second-order valence-electron chi connectivity index (χ2n) is 7.47. The standard InChI is InChI=1S/C20H21N5O5/c26-8-7-12-1-3-15(4-2-12)24-11-14(22-23-24)9-13-10-18(28)25(20(13)30)16-5-6-17(27)21-19(16)29/h1-4,11,13,16,26H,5-10H2,(H,21,27,29). The lowest BCUT2D eigenvalue weighted by Crippen LogP contribution is -2.54. The highest BCUT2D eigenvalue weighted by Gasteiger charge is 2.46. The van der Waals surface area contributed by atoms with Gasteiger partial charge in [0.1, 0.15) is 6.04 Å². The van der Waals surface area contributed by atoms with E-state index in [2.05, 4.69) is 15.6 Å². The Kier molecular flexibility index (Phi) is 5.40. The number of aliphatic hydroxyl groups is 1. The number of rotatable bonds is 6. The number of nitrogens with one attached hydrogen (secondary N) is 1. The Hall–Kier alpha value is -3.40. The summed E-state index contributed by atoms with van der Waals surface area (Å²) in [7, 11) is 0. The predicted molar refractivity (Wildman–Crippen MR) is 102 cm³/mol. The van der Waals surface area contributed by atoms with Crippen LogP contribution in [0.5, 0.6) is 0 Å². The topological polar surface area (TPSA) is 134 Å². The highest BCUT2D eigenvalue weighted by Crippen LogP contribution is 2.27. The zero-order chi connectivity index (χ0) is 21.3. The number of benzene rings is 1. The molecule has 2 aliphatic heterocycles. The quantitative estimate of drug-likeness (QED) is 0.613. The first kappa shape index (κ1) is 19.9. The molecule has 0 bridgehead atoms. The number of nitrogens with zero attached hydrogens (tertiary/aromatic N) is 4. The lowest BCUT2D eigenvalue weighted by atomic mass is 10.0. The largest absolute Gasteiger partial charge is 0.396 e. The molecule has 4 rings (SSSR count). The van der Waals surface area contributed by atoms with Gasteiger partial charge in [-0.1, -0.05) is 17.3 Å². The van der Waals surface area contributed by atoms with Crippen molar-refractivity contribution in [2.24, 2.45) is 5.92 Å². The van der Waals surface area contributed by atoms with E-state index >= 15 is 0 Å². The van der Waals surface area contributed by atoms with Crippen LogP contribution in [0.3, 0.4) is 0 Å². The number of carbonyl (C=O) groups is 4. The monoisotopic (exact) mass is 411 g/mol. The second kappa shape index (κ2) is 8.15. The fourth-order valence-electron chi connectivity index (χ4n) is 3.85. The minimum atomic E-state index is -0.930. The molecule has 1 aromatic carbocycles. The van der Waals surface area contributed by atoms with Gasteiger partial charge in [-0.05, 0) is 30.5 Å². The lowest BCUT2D eigenvalue weighted by molar-refractivity contribution is -0.151. The SMILES string of the molecule is O=C1CCC(N2C(=O)CC(Cc3cn(-c4ccc(CCO)cc4)nn3)C2=O)C(=O)N1. The number of imide groups is 2. The average Bonchev–Trinajstić information content (AvgIpc) is 3.28. The molecule has 30 heavy (non-hydrogen) atoms. The minimum Gasteiger partial charge on any atom is -0.396 e.